The molecule has 130 valence electrons. The van der Waals surface area contributed by atoms with E-state index >= 15 is 0 Å². The Morgan fingerprint density at radius 1 is 1.24 bits per heavy atom. The highest BCUT2D eigenvalue weighted by Crippen LogP contribution is 2.36. The first-order chi connectivity index (χ1) is 12.2. The molecule has 4 rings (SSSR count). The minimum Gasteiger partial charge on any atom is -0.369 e. The molecule has 0 aliphatic carbocycles. The third-order valence-corrected chi connectivity index (χ3v) is 6.38. The summed E-state index contributed by atoms with van der Waals surface area (Å²) in [6.45, 7) is 3.18. The van der Waals surface area contributed by atoms with Gasteiger partial charge in [-0.25, -0.2) is 9.97 Å². The molecule has 0 bridgehead atoms. The molecule has 25 heavy (non-hydrogen) atoms. The first kappa shape index (κ1) is 16.8. The monoisotopic (exact) mass is 371 g/mol. The molecule has 2 aromatic heterocycles. The summed E-state index contributed by atoms with van der Waals surface area (Å²) >= 11 is 3.47. The molecule has 3 aromatic rings. The molecule has 0 radical (unpaired) electrons. The summed E-state index contributed by atoms with van der Waals surface area (Å²) in [6, 6.07) is 10.6. The number of nitrogens with one attached hydrogen (secondary N) is 2. The average Bonchev–Trinajstić information content (AvgIpc) is 2.99. The number of nitrogens with zero attached hydrogens (tertiary/aromatic N) is 2. The zero-order valence-electron chi connectivity index (χ0n) is 14.6. The Labute approximate surface area is 156 Å². The van der Waals surface area contributed by atoms with Crippen LogP contribution in [0.3, 0.4) is 0 Å². The molecule has 1 aliphatic rings. The zero-order chi connectivity index (χ0) is 17.2. The summed E-state index contributed by atoms with van der Waals surface area (Å²) in [5, 5.41) is 5.71. The van der Waals surface area contributed by atoms with Gasteiger partial charge < -0.3 is 10.2 Å². The maximum Gasteiger partial charge on any atom is 0.190 e. The number of thiophene rings is 1. The molecule has 6 heteroatoms. The molecule has 3 heterocycles. The molecule has 1 unspecified atom stereocenters. The van der Waals surface area contributed by atoms with Gasteiger partial charge in [-0.05, 0) is 23.8 Å². The summed E-state index contributed by atoms with van der Waals surface area (Å²) < 4.78 is 0. The Morgan fingerprint density at radius 3 is 2.88 bits per heavy atom. The molecule has 1 atom stereocenters. The second-order valence-electron chi connectivity index (χ2n) is 6.54. The van der Waals surface area contributed by atoms with Crippen LogP contribution < -0.4 is 10.2 Å². The van der Waals surface area contributed by atoms with Crippen LogP contribution in [0.25, 0.3) is 10.2 Å². The van der Waals surface area contributed by atoms with Crippen molar-refractivity contribution in [1.82, 2.24) is 9.97 Å². The lowest BCUT2D eigenvalue weighted by Gasteiger charge is -2.19. The molecule has 0 fully saturated rings. The molecule has 4 nitrogen and oxygen atoms in total. The second kappa shape index (κ2) is 7.32. The lowest BCUT2D eigenvalue weighted by atomic mass is 10.1. The lowest BCUT2D eigenvalue weighted by molar-refractivity contribution is -0.895. The van der Waals surface area contributed by atoms with Crippen LogP contribution in [0.4, 0.5) is 5.82 Å². The van der Waals surface area contributed by atoms with Crippen LogP contribution in [0, 0.1) is 0 Å². The Morgan fingerprint density at radius 2 is 2.08 bits per heavy atom. The van der Waals surface area contributed by atoms with Gasteiger partial charge in [0.25, 0.3) is 0 Å². The number of fused-ring (bicyclic) bond motifs is 3. The predicted molar refractivity (Wildman–Crippen MR) is 107 cm³/mol. The van der Waals surface area contributed by atoms with Gasteiger partial charge in [0, 0.05) is 13.0 Å². The third kappa shape index (κ3) is 3.52. The van der Waals surface area contributed by atoms with Crippen LogP contribution in [0.2, 0.25) is 0 Å². The molecule has 1 aliphatic heterocycles. The number of anilines is 1. The largest absolute Gasteiger partial charge is 0.369 e. The van der Waals surface area contributed by atoms with Gasteiger partial charge in [-0.3, -0.25) is 0 Å². The smallest absolute Gasteiger partial charge is 0.190 e. The van der Waals surface area contributed by atoms with Crippen molar-refractivity contribution in [2.45, 2.75) is 24.5 Å². The van der Waals surface area contributed by atoms with Gasteiger partial charge in [-0.15, -0.1) is 11.3 Å². The second-order valence-corrected chi connectivity index (χ2v) is 8.40. The molecular weight excluding hydrogens is 348 g/mol. The normalized spacial score (nSPS) is 16.8. The Balaban J connectivity index is 1.64. The van der Waals surface area contributed by atoms with E-state index in [9.17, 15) is 0 Å². The maximum atomic E-state index is 4.79. The SMILES string of the molecule is CSc1nc(NCCc2ccccc2)c2c3c(sc2n1)C[NH+](C)CC3. The van der Waals surface area contributed by atoms with E-state index in [1.807, 2.05) is 17.6 Å². The third-order valence-electron chi connectivity index (χ3n) is 4.71. The van der Waals surface area contributed by atoms with Gasteiger partial charge in [0.2, 0.25) is 0 Å². The van der Waals surface area contributed by atoms with Crippen LogP contribution in [-0.4, -0.2) is 36.4 Å². The highest BCUT2D eigenvalue weighted by Gasteiger charge is 2.24. The number of hydrogen-bond acceptors (Lipinski definition) is 5. The minimum absolute atomic E-state index is 0.856. The van der Waals surface area contributed by atoms with Crippen molar-refractivity contribution in [2.75, 3.05) is 31.7 Å². The lowest BCUT2D eigenvalue weighted by Crippen LogP contribution is -3.08. The summed E-state index contributed by atoms with van der Waals surface area (Å²) in [5.41, 5.74) is 2.82. The van der Waals surface area contributed by atoms with E-state index in [0.717, 1.165) is 41.7 Å². The fraction of sp³-hybridized carbons (Fsp3) is 0.368. The molecule has 0 spiro atoms. The van der Waals surface area contributed by atoms with Crippen LogP contribution >= 0.6 is 23.1 Å². The van der Waals surface area contributed by atoms with Crippen LogP contribution in [0.1, 0.15) is 16.0 Å². The van der Waals surface area contributed by atoms with Gasteiger partial charge in [0.1, 0.15) is 17.2 Å². The fourth-order valence-corrected chi connectivity index (χ4v) is 5.14. The number of rotatable bonds is 5. The quantitative estimate of drug-likeness (QED) is 0.534. The fourth-order valence-electron chi connectivity index (χ4n) is 3.38. The van der Waals surface area contributed by atoms with E-state index in [4.69, 9.17) is 9.97 Å². The number of benzene rings is 1. The first-order valence-corrected chi connectivity index (χ1v) is 10.7. The molecule has 2 N–H and O–H groups in total. The van der Waals surface area contributed by atoms with E-state index in [1.54, 1.807) is 16.7 Å². The topological polar surface area (TPSA) is 42.2 Å². The van der Waals surface area contributed by atoms with E-state index in [0.29, 0.717) is 0 Å². The molecule has 0 saturated carbocycles. The van der Waals surface area contributed by atoms with Gasteiger partial charge >= 0.3 is 0 Å². The van der Waals surface area contributed by atoms with E-state index < -0.39 is 0 Å². The zero-order valence-corrected chi connectivity index (χ0v) is 16.3. The molecule has 0 amide bonds. The van der Waals surface area contributed by atoms with Gasteiger partial charge in [-0.2, -0.15) is 0 Å². The number of hydrogen-bond donors (Lipinski definition) is 2. The Bertz CT molecular complexity index is 876. The predicted octanol–water partition coefficient (Wildman–Crippen LogP) is 2.64. The van der Waals surface area contributed by atoms with Crippen molar-refractivity contribution in [3.8, 4) is 0 Å². The van der Waals surface area contributed by atoms with E-state index in [-0.39, 0.29) is 0 Å². The van der Waals surface area contributed by atoms with Crippen molar-refractivity contribution in [1.29, 1.82) is 0 Å². The van der Waals surface area contributed by atoms with Gasteiger partial charge in [-0.1, -0.05) is 42.1 Å². The summed E-state index contributed by atoms with van der Waals surface area (Å²) in [4.78, 5) is 13.8. The van der Waals surface area contributed by atoms with Gasteiger partial charge in [0.05, 0.1) is 23.9 Å². The Hall–Kier alpha value is -1.63. The first-order valence-electron chi connectivity index (χ1n) is 8.70. The van der Waals surface area contributed by atoms with Gasteiger partial charge in [0.15, 0.2) is 5.16 Å². The van der Waals surface area contributed by atoms with Crippen molar-refractivity contribution >= 4 is 39.1 Å². The maximum absolute atomic E-state index is 4.79. The number of likely N-dealkylation sites (N-methyl/N-ethyl adjacent to an activating group) is 1. The molecule has 0 saturated heterocycles. The van der Waals surface area contributed by atoms with Crippen molar-refractivity contribution in [2.24, 2.45) is 0 Å². The number of thioether (sulfide) groups is 1. The summed E-state index contributed by atoms with van der Waals surface area (Å²) in [6.07, 6.45) is 4.16. The average molecular weight is 372 g/mol. The molecule has 1 aromatic carbocycles. The summed E-state index contributed by atoms with van der Waals surface area (Å²) in [7, 11) is 2.27. The number of quaternary nitrogens is 1. The van der Waals surface area contributed by atoms with Crippen molar-refractivity contribution < 1.29 is 4.90 Å². The standard InChI is InChI=1S/C19H22N4S2/c1-23-11-9-14-15(12-23)25-18-16(14)17(21-19(22-18)24-2)20-10-8-13-6-4-3-5-7-13/h3-7H,8-12H2,1-2H3,(H,20,21,22)/p+1. The number of aromatic nitrogens is 2. The van der Waals surface area contributed by atoms with Crippen LogP contribution in [-0.2, 0) is 19.4 Å². The van der Waals surface area contributed by atoms with Crippen molar-refractivity contribution in [3.63, 3.8) is 0 Å². The highest BCUT2D eigenvalue weighted by molar-refractivity contribution is 7.98. The van der Waals surface area contributed by atoms with Crippen LogP contribution in [0.15, 0.2) is 35.5 Å². The molecular formula is C19H23N4S2+. The summed E-state index contributed by atoms with van der Waals surface area (Å²) in [5.74, 6) is 1.02. The highest BCUT2D eigenvalue weighted by atomic mass is 32.2. The van der Waals surface area contributed by atoms with Crippen molar-refractivity contribution in [3.05, 3.63) is 46.3 Å². The Kier molecular flexibility index (Phi) is 4.92. The van der Waals surface area contributed by atoms with Crippen LogP contribution in [0.5, 0.6) is 0 Å². The van der Waals surface area contributed by atoms with E-state index in [1.165, 1.54) is 27.9 Å². The minimum atomic E-state index is 0.856. The van der Waals surface area contributed by atoms with E-state index in [2.05, 4.69) is 42.7 Å².